The summed E-state index contributed by atoms with van der Waals surface area (Å²) < 4.78 is 28.2. The largest absolute Gasteiger partial charge is 0.411 e. The first-order chi connectivity index (χ1) is 24.2. The van der Waals surface area contributed by atoms with E-state index in [0.717, 1.165) is 6.42 Å². The molecular formula is C36H60N4O11Si2. The Bertz CT molecular complexity index is 1860. The van der Waals surface area contributed by atoms with E-state index in [1.165, 1.54) is 15.3 Å². The Morgan fingerprint density at radius 3 is 1.55 bits per heavy atom. The highest BCUT2D eigenvalue weighted by Crippen LogP contribution is 2.49. The molecular weight excluding hydrogens is 721 g/mol. The first-order valence-corrected chi connectivity index (χ1v) is 24.1. The van der Waals surface area contributed by atoms with E-state index in [0.29, 0.717) is 36.8 Å². The van der Waals surface area contributed by atoms with Crippen LogP contribution in [0.25, 0.3) is 0 Å². The molecule has 1 saturated carbocycles. The van der Waals surface area contributed by atoms with Crippen molar-refractivity contribution in [1.82, 2.24) is 19.1 Å². The van der Waals surface area contributed by atoms with Gasteiger partial charge in [-0.3, -0.25) is 28.7 Å². The number of aromatic nitrogens is 4. The van der Waals surface area contributed by atoms with Crippen LogP contribution in [0.5, 0.6) is 0 Å². The lowest BCUT2D eigenvalue weighted by atomic mass is 10.1. The van der Waals surface area contributed by atoms with Crippen molar-refractivity contribution in [3.05, 3.63) is 65.2 Å². The Morgan fingerprint density at radius 2 is 1.17 bits per heavy atom. The van der Waals surface area contributed by atoms with Crippen LogP contribution in [0.4, 0.5) is 0 Å². The van der Waals surface area contributed by atoms with Gasteiger partial charge in [-0.1, -0.05) is 48.5 Å². The minimum Gasteiger partial charge on any atom is -0.411 e. The van der Waals surface area contributed by atoms with E-state index < -0.39 is 57.7 Å². The van der Waals surface area contributed by atoms with Crippen molar-refractivity contribution in [2.45, 2.75) is 173 Å². The summed E-state index contributed by atoms with van der Waals surface area (Å²) in [6.07, 6.45) is 4.89. The molecule has 15 nitrogen and oxygen atoms in total. The van der Waals surface area contributed by atoms with Gasteiger partial charge in [0.2, 0.25) is 0 Å². The molecule has 0 amide bonds. The van der Waals surface area contributed by atoms with Crippen LogP contribution < -0.4 is 22.5 Å². The molecule has 53 heavy (non-hydrogen) atoms. The van der Waals surface area contributed by atoms with E-state index in [2.05, 4.69) is 84.6 Å². The molecule has 2 saturated heterocycles. The first-order valence-electron chi connectivity index (χ1n) is 18.2. The number of aryl methyl sites for hydroxylation is 2. The van der Waals surface area contributed by atoms with Gasteiger partial charge in [0.05, 0.1) is 23.9 Å². The van der Waals surface area contributed by atoms with Crippen LogP contribution in [0, 0.1) is 13.8 Å². The summed E-state index contributed by atoms with van der Waals surface area (Å²) >= 11 is 0. The summed E-state index contributed by atoms with van der Waals surface area (Å²) in [5.74, 6) is 0. The fourth-order valence-corrected chi connectivity index (χ4v) is 8.57. The minimum atomic E-state index is -2.06. The zero-order valence-electron chi connectivity index (χ0n) is 33.6. The predicted octanol–water partition coefficient (Wildman–Crippen LogP) is 4.40. The van der Waals surface area contributed by atoms with Crippen LogP contribution in [0.1, 0.15) is 104 Å². The summed E-state index contributed by atoms with van der Waals surface area (Å²) in [6, 6.07) is 0. The van der Waals surface area contributed by atoms with Crippen molar-refractivity contribution in [1.29, 1.82) is 0 Å². The first kappa shape index (κ1) is 44.4. The highest BCUT2D eigenvalue weighted by Gasteiger charge is 2.58. The van der Waals surface area contributed by atoms with Gasteiger partial charge in [0.15, 0.2) is 16.6 Å². The van der Waals surface area contributed by atoms with Gasteiger partial charge < -0.3 is 23.4 Å². The van der Waals surface area contributed by atoms with E-state index in [-0.39, 0.29) is 40.1 Å². The molecule has 298 valence electrons. The van der Waals surface area contributed by atoms with Gasteiger partial charge in [0.25, 0.3) is 11.1 Å². The van der Waals surface area contributed by atoms with Crippen LogP contribution in [0.2, 0.25) is 36.3 Å². The molecule has 0 aromatic carbocycles. The molecule has 4 heterocycles. The van der Waals surface area contributed by atoms with Crippen LogP contribution in [-0.2, 0) is 27.9 Å². The second kappa shape index (κ2) is 16.4. The quantitative estimate of drug-likeness (QED) is 0.321. The van der Waals surface area contributed by atoms with Crippen molar-refractivity contribution in [3.63, 3.8) is 0 Å². The summed E-state index contributed by atoms with van der Waals surface area (Å²) in [7, 11) is -3.98. The van der Waals surface area contributed by atoms with Gasteiger partial charge in [-0.05, 0) is 69.4 Å². The van der Waals surface area contributed by atoms with E-state index in [1.54, 1.807) is 20.0 Å². The van der Waals surface area contributed by atoms with Crippen LogP contribution in [0.15, 0.2) is 31.6 Å². The van der Waals surface area contributed by atoms with Crippen LogP contribution in [0.3, 0.4) is 0 Å². The molecule has 6 atom stereocenters. The molecule has 0 radical (unpaired) electrons. The number of H-pyrrole nitrogens is 2. The van der Waals surface area contributed by atoms with E-state index in [9.17, 15) is 24.3 Å². The second-order valence-electron chi connectivity index (χ2n) is 17.5. The van der Waals surface area contributed by atoms with Crippen molar-refractivity contribution in [3.8, 4) is 0 Å². The highest BCUT2D eigenvalue weighted by molar-refractivity contribution is 6.74. The summed E-state index contributed by atoms with van der Waals surface area (Å²) in [6.45, 7) is 27.3. The molecule has 2 aromatic rings. The number of aliphatic hydroxyl groups is 1. The minimum absolute atomic E-state index is 0.0278. The molecule has 3 aliphatic rings. The third-order valence-electron chi connectivity index (χ3n) is 11.4. The fraction of sp³-hybridized carbons (Fsp3) is 0.750. The van der Waals surface area contributed by atoms with Gasteiger partial charge in [-0.25, -0.2) is 9.59 Å². The third-order valence-corrected chi connectivity index (χ3v) is 20.4. The Kier molecular flexibility index (Phi) is 13.7. The standard InChI is InChI=1S/C18H30N2O5Si.C17H30N2O4Si.CO2/c1-11-10-20(16(22)19-15(11)21)13-9-12(14(24-13)18(23)7-8-18)25-26(5,6)17(2,3)4;1-8-12-13(23-24(6,7)17(3,4)5)9-14(22-12)19-10-11(2)15(20)18-16(19)21;2-1-3/h10,12-14,23H,7-9H2,1-6H3,(H,19,21,22);10,12-14H,8-9H2,1-7H3,(H,18,20,21);/t12?,13-,14+;12-,13?,14-;/m11./s1. The highest BCUT2D eigenvalue weighted by atomic mass is 28.4. The second-order valence-corrected chi connectivity index (χ2v) is 27.0. The number of nitrogens with zero attached hydrogens (tertiary/aromatic N) is 2. The maximum Gasteiger partial charge on any atom is 0.373 e. The lowest BCUT2D eigenvalue weighted by Crippen LogP contribution is -2.48. The van der Waals surface area contributed by atoms with Gasteiger partial charge >= 0.3 is 17.5 Å². The number of hydrogen-bond donors (Lipinski definition) is 3. The van der Waals surface area contributed by atoms with Gasteiger partial charge in [-0.15, -0.1) is 0 Å². The smallest absolute Gasteiger partial charge is 0.373 e. The summed E-state index contributed by atoms with van der Waals surface area (Å²) in [5, 5.41) is 10.9. The average molecular weight is 781 g/mol. The SMILES string of the molecule is CC[C@H]1O[C@@H](n2cc(C)c(=O)[nH]c2=O)CC1O[Si](C)(C)C(C)(C)C.Cc1cn([C@H]2CC(O[Si](C)(C)C(C)(C)C)[C@@H](C3(O)CC3)O2)c(=O)[nH]c1=O.O=C=O. The fourth-order valence-electron chi connectivity index (χ4n) is 5.88. The van der Waals surface area contributed by atoms with Crippen molar-refractivity contribution in [2.75, 3.05) is 0 Å². The lowest BCUT2D eigenvalue weighted by Gasteiger charge is -2.40. The number of nitrogens with one attached hydrogen (secondary N) is 2. The van der Waals surface area contributed by atoms with Crippen LogP contribution in [-0.4, -0.2) is 77.0 Å². The van der Waals surface area contributed by atoms with Crippen molar-refractivity contribution in [2.24, 2.45) is 0 Å². The van der Waals surface area contributed by atoms with E-state index >= 15 is 0 Å². The number of rotatable bonds is 8. The molecule has 17 heteroatoms. The average Bonchev–Trinajstić information content (AvgIpc) is 3.43. The zero-order valence-corrected chi connectivity index (χ0v) is 35.6. The van der Waals surface area contributed by atoms with Gasteiger partial charge in [-0.2, -0.15) is 9.59 Å². The van der Waals surface area contributed by atoms with Gasteiger partial charge in [0, 0.05) is 36.4 Å². The third kappa shape index (κ3) is 10.4. The Hall–Kier alpha value is -3.03. The van der Waals surface area contributed by atoms with Crippen LogP contribution >= 0.6 is 0 Å². The topological polar surface area (TPSA) is 201 Å². The molecule has 2 aromatic heterocycles. The molecule has 0 bridgehead atoms. The Labute approximate surface area is 312 Å². The summed E-state index contributed by atoms with van der Waals surface area (Å²) in [4.78, 5) is 68.5. The molecule has 3 N–H and O–H groups in total. The molecule has 0 spiro atoms. The number of hydrogen-bond acceptors (Lipinski definition) is 11. The molecule has 5 rings (SSSR count). The lowest BCUT2D eigenvalue weighted by molar-refractivity contribution is -0.191. The Balaban J connectivity index is 0.000000267. The molecule has 2 aliphatic heterocycles. The van der Waals surface area contributed by atoms with Gasteiger partial charge in [0.1, 0.15) is 18.6 Å². The Morgan fingerprint density at radius 1 is 0.792 bits per heavy atom. The number of ether oxygens (including phenoxy) is 2. The predicted molar refractivity (Wildman–Crippen MR) is 203 cm³/mol. The van der Waals surface area contributed by atoms with Crippen molar-refractivity contribution < 1.29 is 33.0 Å². The molecule has 1 aliphatic carbocycles. The zero-order chi connectivity index (χ0) is 40.5. The number of carbonyl (C=O) groups excluding carboxylic acids is 2. The van der Waals surface area contributed by atoms with Crippen molar-refractivity contribution >= 4 is 22.8 Å². The molecule has 2 unspecified atom stereocenters. The summed E-state index contributed by atoms with van der Waals surface area (Å²) in [5.41, 5.74) is -1.60. The van der Waals surface area contributed by atoms with E-state index in [1.807, 2.05) is 0 Å². The normalized spacial score (nSPS) is 25.5. The monoisotopic (exact) mass is 780 g/mol. The maximum absolute atomic E-state index is 12.2. The van der Waals surface area contributed by atoms with E-state index in [4.69, 9.17) is 27.9 Å². The number of aromatic amines is 2. The molecule has 3 fully saturated rings. The maximum atomic E-state index is 12.2.